The maximum atomic E-state index is 13.5. The van der Waals surface area contributed by atoms with Crippen molar-refractivity contribution in [3.8, 4) is 0 Å². The highest BCUT2D eigenvalue weighted by atomic mass is 19.4. The van der Waals surface area contributed by atoms with Gasteiger partial charge in [-0.15, -0.1) is 0 Å². The van der Waals surface area contributed by atoms with Gasteiger partial charge in [0.2, 0.25) is 0 Å². The predicted octanol–water partition coefficient (Wildman–Crippen LogP) is 5.66. The first-order valence-electron chi connectivity index (χ1n) is 10.6. The van der Waals surface area contributed by atoms with Crippen LogP contribution in [0.15, 0.2) is 11.8 Å². The third-order valence-corrected chi connectivity index (χ3v) is 6.24. The highest BCUT2D eigenvalue weighted by molar-refractivity contribution is 5.74. The largest absolute Gasteiger partial charge is 0.465 e. The third kappa shape index (κ3) is 4.84. The number of hydrogen-bond acceptors (Lipinski definition) is 4. The molecule has 3 unspecified atom stereocenters. The summed E-state index contributed by atoms with van der Waals surface area (Å²) in [5, 5.41) is 0. The van der Waals surface area contributed by atoms with Crippen molar-refractivity contribution in [2.45, 2.75) is 95.6 Å². The zero-order valence-corrected chi connectivity index (χ0v) is 16.6. The molecule has 3 aliphatic rings. The smallest absolute Gasteiger partial charge is 0.392 e. The number of rotatable bonds is 8. The molecule has 28 heavy (non-hydrogen) atoms. The highest BCUT2D eigenvalue weighted by Crippen LogP contribution is 2.51. The second kappa shape index (κ2) is 9.06. The van der Waals surface area contributed by atoms with Crippen LogP contribution in [0, 0.1) is 11.8 Å². The fraction of sp³-hybridized carbons (Fsp3) is 0.857. The zero-order chi connectivity index (χ0) is 20.2. The average Bonchev–Trinajstić information content (AvgIpc) is 3.17. The predicted molar refractivity (Wildman–Crippen MR) is 97.2 cm³/mol. The summed E-state index contributed by atoms with van der Waals surface area (Å²) in [6.07, 6.45) is 3.24. The number of hydrogen-bond donors (Lipinski definition) is 0. The van der Waals surface area contributed by atoms with Crippen LogP contribution in [0.4, 0.5) is 13.2 Å². The van der Waals surface area contributed by atoms with Crippen molar-refractivity contribution in [2.75, 3.05) is 6.61 Å². The lowest BCUT2D eigenvalue weighted by Crippen LogP contribution is -2.38. The van der Waals surface area contributed by atoms with Crippen LogP contribution in [0.5, 0.6) is 0 Å². The molecule has 0 amide bonds. The van der Waals surface area contributed by atoms with E-state index in [2.05, 4.69) is 0 Å². The Morgan fingerprint density at radius 3 is 2.82 bits per heavy atom. The molecule has 0 bridgehead atoms. The maximum absolute atomic E-state index is 13.5. The molecule has 1 saturated carbocycles. The summed E-state index contributed by atoms with van der Waals surface area (Å²) < 4.78 is 57.9. The van der Waals surface area contributed by atoms with Crippen molar-refractivity contribution >= 4 is 5.97 Å². The molecule has 0 radical (unpaired) electrons. The van der Waals surface area contributed by atoms with E-state index in [9.17, 15) is 18.0 Å². The molecule has 3 rings (SSSR count). The summed E-state index contributed by atoms with van der Waals surface area (Å²) >= 11 is 0. The Morgan fingerprint density at radius 2 is 2.14 bits per heavy atom. The van der Waals surface area contributed by atoms with Crippen LogP contribution in [-0.2, 0) is 19.0 Å². The molecule has 4 nitrogen and oxygen atoms in total. The number of carbonyl (C=O) groups excluding carboxylic acids is 1. The molecule has 0 spiro atoms. The molecule has 2 heterocycles. The second-order valence-corrected chi connectivity index (χ2v) is 8.26. The van der Waals surface area contributed by atoms with Gasteiger partial charge in [0, 0.05) is 12.3 Å². The van der Waals surface area contributed by atoms with Gasteiger partial charge in [-0.1, -0.05) is 19.8 Å². The number of carbonyl (C=O) groups is 1. The van der Waals surface area contributed by atoms with Gasteiger partial charge in [-0.05, 0) is 51.0 Å². The Kier molecular flexibility index (Phi) is 6.94. The summed E-state index contributed by atoms with van der Waals surface area (Å²) in [6, 6.07) is 0. The fourth-order valence-electron chi connectivity index (χ4n) is 4.65. The topological polar surface area (TPSA) is 44.8 Å². The lowest BCUT2D eigenvalue weighted by atomic mass is 9.87. The van der Waals surface area contributed by atoms with Crippen molar-refractivity contribution in [3.63, 3.8) is 0 Å². The summed E-state index contributed by atoms with van der Waals surface area (Å²) in [6.45, 7) is 2.47. The van der Waals surface area contributed by atoms with Crippen LogP contribution in [0.1, 0.15) is 77.6 Å². The van der Waals surface area contributed by atoms with Gasteiger partial charge >= 0.3 is 12.1 Å². The molecular formula is C21H31F3O4. The highest BCUT2D eigenvalue weighted by Gasteiger charge is 2.56. The zero-order valence-electron chi connectivity index (χ0n) is 16.6. The van der Waals surface area contributed by atoms with Crippen molar-refractivity contribution in [2.24, 2.45) is 11.8 Å². The summed E-state index contributed by atoms with van der Waals surface area (Å²) in [5.41, 5.74) is -0.904. The Bertz CT molecular complexity index is 568. The molecule has 0 aromatic rings. The lowest BCUT2D eigenvalue weighted by Gasteiger charge is -2.34. The molecule has 2 aliphatic heterocycles. The minimum atomic E-state index is -4.25. The number of alkyl halides is 3. The molecule has 3 fully saturated rings. The van der Waals surface area contributed by atoms with Crippen LogP contribution in [0.25, 0.3) is 0 Å². The van der Waals surface area contributed by atoms with Crippen molar-refractivity contribution < 1.29 is 32.2 Å². The molecule has 1 aliphatic carbocycles. The molecular weight excluding hydrogens is 373 g/mol. The standard InChI is InChI=1S/C21H31F3O4/c1-2-3-7-15(21(22,23)24)10-11-17(27-19-9-4-5-13-26-19)20-12-6-8-16(20)14-18(25)28-20/h11,15-16,19H,2-10,12-14H2,1H3/t15-,16?,19?,20?/m0/s1. The lowest BCUT2D eigenvalue weighted by molar-refractivity contribution is -0.178. The van der Waals surface area contributed by atoms with Gasteiger partial charge in [0.05, 0.1) is 18.9 Å². The molecule has 160 valence electrons. The number of ether oxygens (including phenoxy) is 3. The van der Waals surface area contributed by atoms with E-state index in [-0.39, 0.29) is 24.7 Å². The van der Waals surface area contributed by atoms with Crippen LogP contribution in [0.3, 0.4) is 0 Å². The number of unbranched alkanes of at least 4 members (excludes halogenated alkanes) is 1. The Balaban J connectivity index is 1.82. The van der Waals surface area contributed by atoms with E-state index >= 15 is 0 Å². The number of allylic oxidation sites excluding steroid dienone is 1. The van der Waals surface area contributed by atoms with Crippen LogP contribution >= 0.6 is 0 Å². The molecule has 2 saturated heterocycles. The SMILES string of the molecule is CCCC[C@@H](CC=C(OC1CCCCO1)C12CCCC1CC(=O)O2)C(F)(F)F. The monoisotopic (exact) mass is 404 g/mol. The molecule has 7 heteroatoms. The Labute approximate surface area is 164 Å². The molecule has 0 aromatic carbocycles. The van der Waals surface area contributed by atoms with E-state index in [1.807, 2.05) is 6.92 Å². The molecule has 0 N–H and O–H groups in total. The normalized spacial score (nSPS) is 32.1. The van der Waals surface area contributed by atoms with Crippen molar-refractivity contribution in [1.29, 1.82) is 0 Å². The van der Waals surface area contributed by atoms with Crippen molar-refractivity contribution in [3.05, 3.63) is 11.8 Å². The quantitative estimate of drug-likeness (QED) is 0.387. The number of halogens is 3. The van der Waals surface area contributed by atoms with E-state index in [1.54, 1.807) is 6.08 Å². The van der Waals surface area contributed by atoms with Crippen LogP contribution in [0.2, 0.25) is 0 Å². The second-order valence-electron chi connectivity index (χ2n) is 8.26. The van der Waals surface area contributed by atoms with Gasteiger partial charge in [0.1, 0.15) is 5.76 Å². The summed E-state index contributed by atoms with van der Waals surface area (Å²) in [5.74, 6) is -1.33. The molecule has 4 atom stereocenters. The van der Waals surface area contributed by atoms with E-state index in [4.69, 9.17) is 14.2 Å². The van der Waals surface area contributed by atoms with Gasteiger partial charge in [-0.25, -0.2) is 0 Å². The van der Waals surface area contributed by atoms with Gasteiger partial charge in [-0.2, -0.15) is 13.2 Å². The minimum absolute atomic E-state index is 0.0187. The minimum Gasteiger partial charge on any atom is -0.465 e. The van der Waals surface area contributed by atoms with Gasteiger partial charge in [-0.3, -0.25) is 4.79 Å². The van der Waals surface area contributed by atoms with E-state index in [0.29, 0.717) is 38.0 Å². The average molecular weight is 404 g/mol. The summed E-state index contributed by atoms with van der Waals surface area (Å²) in [7, 11) is 0. The van der Waals surface area contributed by atoms with Crippen LogP contribution < -0.4 is 0 Å². The van der Waals surface area contributed by atoms with E-state index in [1.165, 1.54) is 0 Å². The van der Waals surface area contributed by atoms with E-state index < -0.39 is 24.0 Å². The van der Waals surface area contributed by atoms with Gasteiger partial charge < -0.3 is 14.2 Å². The maximum Gasteiger partial charge on any atom is 0.392 e. The van der Waals surface area contributed by atoms with Crippen LogP contribution in [-0.4, -0.2) is 30.6 Å². The van der Waals surface area contributed by atoms with Gasteiger partial charge in [0.15, 0.2) is 11.9 Å². The first-order valence-corrected chi connectivity index (χ1v) is 10.6. The Morgan fingerprint density at radius 1 is 1.32 bits per heavy atom. The summed E-state index contributed by atoms with van der Waals surface area (Å²) in [4.78, 5) is 12.0. The third-order valence-electron chi connectivity index (χ3n) is 6.24. The molecule has 0 aromatic heterocycles. The van der Waals surface area contributed by atoms with Crippen molar-refractivity contribution in [1.82, 2.24) is 0 Å². The first-order chi connectivity index (χ1) is 13.3. The first kappa shape index (κ1) is 21.5. The van der Waals surface area contributed by atoms with E-state index in [0.717, 1.165) is 32.1 Å². The fourth-order valence-corrected chi connectivity index (χ4v) is 4.65. The van der Waals surface area contributed by atoms with Gasteiger partial charge in [0.25, 0.3) is 0 Å². The number of esters is 1. The number of fused-ring (bicyclic) bond motifs is 1. The Hall–Kier alpha value is -1.24.